The number of nitriles is 1. The fourth-order valence-electron chi connectivity index (χ4n) is 1.58. The smallest absolute Gasteiger partial charge is 0.166 e. The standard InChI is InChI=1S/C13H13N5/c14-8-11-6-7-17-18-13(11)16-9-12(15)10-4-2-1-3-5-10/h1-7,12H,9,15H2,(H,16,18). The second-order valence-corrected chi connectivity index (χ2v) is 3.80. The van der Waals surface area contributed by atoms with Gasteiger partial charge in [0.25, 0.3) is 0 Å². The average Bonchev–Trinajstić information content (AvgIpc) is 2.46. The first-order valence-electron chi connectivity index (χ1n) is 5.57. The van der Waals surface area contributed by atoms with Crippen LogP contribution in [0.4, 0.5) is 5.82 Å². The van der Waals surface area contributed by atoms with Crippen molar-refractivity contribution in [3.8, 4) is 6.07 Å². The molecule has 0 fully saturated rings. The zero-order valence-corrected chi connectivity index (χ0v) is 9.74. The normalized spacial score (nSPS) is 11.6. The van der Waals surface area contributed by atoms with Crippen LogP contribution in [0.2, 0.25) is 0 Å². The van der Waals surface area contributed by atoms with Gasteiger partial charge in [0, 0.05) is 12.6 Å². The molecule has 0 aliphatic heterocycles. The minimum atomic E-state index is -0.153. The monoisotopic (exact) mass is 239 g/mol. The molecule has 5 nitrogen and oxygen atoms in total. The molecule has 0 aliphatic rings. The van der Waals surface area contributed by atoms with Crippen LogP contribution < -0.4 is 11.1 Å². The van der Waals surface area contributed by atoms with E-state index in [0.717, 1.165) is 5.56 Å². The zero-order valence-electron chi connectivity index (χ0n) is 9.74. The highest BCUT2D eigenvalue weighted by Crippen LogP contribution is 2.12. The van der Waals surface area contributed by atoms with Gasteiger partial charge in [-0.3, -0.25) is 0 Å². The summed E-state index contributed by atoms with van der Waals surface area (Å²) < 4.78 is 0. The predicted octanol–water partition coefficient (Wildman–Crippen LogP) is 1.46. The molecule has 1 heterocycles. The van der Waals surface area contributed by atoms with Gasteiger partial charge in [-0.2, -0.15) is 10.4 Å². The SMILES string of the molecule is N#Cc1ccnnc1NCC(N)c1ccccc1. The Morgan fingerprint density at radius 1 is 1.28 bits per heavy atom. The van der Waals surface area contributed by atoms with E-state index in [9.17, 15) is 0 Å². The number of rotatable bonds is 4. The van der Waals surface area contributed by atoms with Crippen molar-refractivity contribution in [2.45, 2.75) is 6.04 Å². The van der Waals surface area contributed by atoms with Crippen LogP contribution in [0.1, 0.15) is 17.2 Å². The summed E-state index contributed by atoms with van der Waals surface area (Å²) in [5, 5.41) is 19.6. The summed E-state index contributed by atoms with van der Waals surface area (Å²) in [7, 11) is 0. The van der Waals surface area contributed by atoms with Crippen LogP contribution in [0.3, 0.4) is 0 Å². The van der Waals surface area contributed by atoms with Crippen LogP contribution in [0, 0.1) is 11.3 Å². The van der Waals surface area contributed by atoms with Gasteiger partial charge in [-0.05, 0) is 11.6 Å². The van der Waals surface area contributed by atoms with Gasteiger partial charge in [-0.25, -0.2) is 0 Å². The molecule has 0 saturated carbocycles. The van der Waals surface area contributed by atoms with Crippen molar-refractivity contribution in [1.82, 2.24) is 10.2 Å². The molecule has 0 amide bonds. The van der Waals surface area contributed by atoms with E-state index < -0.39 is 0 Å². The van der Waals surface area contributed by atoms with Gasteiger partial charge >= 0.3 is 0 Å². The molecular weight excluding hydrogens is 226 g/mol. The second-order valence-electron chi connectivity index (χ2n) is 3.80. The van der Waals surface area contributed by atoms with Gasteiger partial charge in [-0.15, -0.1) is 5.10 Å². The van der Waals surface area contributed by atoms with Gasteiger partial charge in [-0.1, -0.05) is 30.3 Å². The number of anilines is 1. The third-order valence-electron chi connectivity index (χ3n) is 2.56. The van der Waals surface area contributed by atoms with Gasteiger partial charge in [0.15, 0.2) is 5.82 Å². The van der Waals surface area contributed by atoms with E-state index in [1.165, 1.54) is 6.20 Å². The summed E-state index contributed by atoms with van der Waals surface area (Å²) in [4.78, 5) is 0. The van der Waals surface area contributed by atoms with Crippen LogP contribution in [-0.2, 0) is 0 Å². The van der Waals surface area contributed by atoms with Crippen LogP contribution >= 0.6 is 0 Å². The fraction of sp³-hybridized carbons (Fsp3) is 0.154. The molecule has 2 rings (SSSR count). The van der Waals surface area contributed by atoms with E-state index in [-0.39, 0.29) is 6.04 Å². The van der Waals surface area contributed by atoms with Crippen molar-refractivity contribution in [2.24, 2.45) is 5.73 Å². The zero-order chi connectivity index (χ0) is 12.8. The fourth-order valence-corrected chi connectivity index (χ4v) is 1.58. The van der Waals surface area contributed by atoms with Crippen molar-refractivity contribution in [3.63, 3.8) is 0 Å². The third kappa shape index (κ3) is 2.81. The van der Waals surface area contributed by atoms with Crippen LogP contribution in [0.5, 0.6) is 0 Å². The van der Waals surface area contributed by atoms with Gasteiger partial charge < -0.3 is 11.1 Å². The third-order valence-corrected chi connectivity index (χ3v) is 2.56. The molecule has 18 heavy (non-hydrogen) atoms. The number of nitrogens with one attached hydrogen (secondary N) is 1. The summed E-state index contributed by atoms with van der Waals surface area (Å²) in [5.74, 6) is 0.464. The van der Waals surface area contributed by atoms with E-state index in [4.69, 9.17) is 11.0 Å². The lowest BCUT2D eigenvalue weighted by Gasteiger charge is -2.13. The highest BCUT2D eigenvalue weighted by atomic mass is 15.2. The maximum Gasteiger partial charge on any atom is 0.166 e. The van der Waals surface area contributed by atoms with Crippen molar-refractivity contribution in [1.29, 1.82) is 5.26 Å². The Hall–Kier alpha value is -2.45. The molecule has 0 bridgehead atoms. The minimum Gasteiger partial charge on any atom is -0.366 e. The van der Waals surface area contributed by atoms with E-state index >= 15 is 0 Å². The van der Waals surface area contributed by atoms with E-state index in [2.05, 4.69) is 21.6 Å². The van der Waals surface area contributed by atoms with Crippen LogP contribution in [-0.4, -0.2) is 16.7 Å². The highest BCUT2D eigenvalue weighted by Gasteiger charge is 2.07. The van der Waals surface area contributed by atoms with Gasteiger partial charge in [0.2, 0.25) is 0 Å². The molecule has 1 aromatic carbocycles. The topological polar surface area (TPSA) is 87.6 Å². The summed E-state index contributed by atoms with van der Waals surface area (Å²) >= 11 is 0. The molecule has 0 saturated heterocycles. The van der Waals surface area contributed by atoms with Crippen LogP contribution in [0.15, 0.2) is 42.6 Å². The molecule has 1 unspecified atom stereocenters. The van der Waals surface area contributed by atoms with E-state index in [0.29, 0.717) is 17.9 Å². The molecule has 0 radical (unpaired) electrons. The molecule has 1 aromatic heterocycles. The van der Waals surface area contributed by atoms with E-state index in [1.54, 1.807) is 6.07 Å². The average molecular weight is 239 g/mol. The minimum absolute atomic E-state index is 0.153. The molecular formula is C13H13N5. The lowest BCUT2D eigenvalue weighted by molar-refractivity contribution is 0.759. The van der Waals surface area contributed by atoms with Gasteiger partial charge in [0.1, 0.15) is 6.07 Å². The Morgan fingerprint density at radius 3 is 2.78 bits per heavy atom. The van der Waals surface area contributed by atoms with Gasteiger partial charge in [0.05, 0.1) is 11.8 Å². The van der Waals surface area contributed by atoms with Crippen LogP contribution in [0.25, 0.3) is 0 Å². The lowest BCUT2D eigenvalue weighted by atomic mass is 10.1. The number of hydrogen-bond acceptors (Lipinski definition) is 5. The lowest BCUT2D eigenvalue weighted by Crippen LogP contribution is -2.21. The summed E-state index contributed by atoms with van der Waals surface area (Å²) in [5.41, 5.74) is 7.54. The first-order valence-corrected chi connectivity index (χ1v) is 5.57. The first-order chi connectivity index (χ1) is 8.81. The quantitative estimate of drug-likeness (QED) is 0.843. The van der Waals surface area contributed by atoms with Crippen molar-refractivity contribution in [3.05, 3.63) is 53.7 Å². The van der Waals surface area contributed by atoms with Crippen molar-refractivity contribution in [2.75, 3.05) is 11.9 Å². The molecule has 5 heteroatoms. The Balaban J connectivity index is 2.02. The Bertz CT molecular complexity index is 547. The Labute approximate surface area is 105 Å². The predicted molar refractivity (Wildman–Crippen MR) is 68.6 cm³/mol. The molecule has 2 aromatic rings. The largest absolute Gasteiger partial charge is 0.366 e. The summed E-state index contributed by atoms with van der Waals surface area (Å²) in [6.45, 7) is 0.497. The Kier molecular flexibility index (Phi) is 3.84. The number of benzene rings is 1. The summed E-state index contributed by atoms with van der Waals surface area (Å²) in [6, 6.07) is 13.3. The van der Waals surface area contributed by atoms with E-state index in [1.807, 2.05) is 30.3 Å². The summed E-state index contributed by atoms with van der Waals surface area (Å²) in [6.07, 6.45) is 1.49. The molecule has 1 atom stereocenters. The molecule has 90 valence electrons. The molecule has 0 spiro atoms. The Morgan fingerprint density at radius 2 is 2.06 bits per heavy atom. The molecule has 0 aliphatic carbocycles. The number of aromatic nitrogens is 2. The highest BCUT2D eigenvalue weighted by molar-refractivity contribution is 5.50. The molecule has 3 N–H and O–H groups in total. The van der Waals surface area contributed by atoms with Crippen molar-refractivity contribution >= 4 is 5.82 Å². The first kappa shape index (κ1) is 12.0. The number of nitrogens with two attached hydrogens (primary N) is 1. The van der Waals surface area contributed by atoms with Crippen molar-refractivity contribution < 1.29 is 0 Å². The maximum atomic E-state index is 8.91. The second kappa shape index (κ2) is 5.75. The maximum absolute atomic E-state index is 8.91. The number of nitrogens with zero attached hydrogens (tertiary/aromatic N) is 3. The number of hydrogen-bond donors (Lipinski definition) is 2.